The second-order valence-electron chi connectivity index (χ2n) is 4.20. The lowest BCUT2D eigenvalue weighted by molar-refractivity contribution is 0.133. The molecule has 1 N–H and O–H groups in total. The average Bonchev–Trinajstić information content (AvgIpc) is 2.83. The van der Waals surface area contributed by atoms with E-state index in [0.29, 0.717) is 11.8 Å². The first kappa shape index (κ1) is 8.61. The summed E-state index contributed by atoms with van der Waals surface area (Å²) >= 11 is 1.44. The van der Waals surface area contributed by atoms with E-state index in [9.17, 15) is 5.11 Å². The maximum absolute atomic E-state index is 9.76. The molecule has 2 heterocycles. The Hall–Kier alpha value is -0.680. The molecule has 3 atom stereocenters. The van der Waals surface area contributed by atoms with Gasteiger partial charge in [0.25, 0.3) is 0 Å². The first-order valence-electron chi connectivity index (χ1n) is 5.04. The summed E-state index contributed by atoms with van der Waals surface area (Å²) in [6.07, 6.45) is 3.67. The molecule has 0 spiro atoms. The molecule has 1 aromatic heterocycles. The highest BCUT2D eigenvalue weighted by Gasteiger charge is 2.42. The Morgan fingerprint density at radius 2 is 2.36 bits per heavy atom. The van der Waals surface area contributed by atoms with Gasteiger partial charge in [-0.1, -0.05) is 0 Å². The summed E-state index contributed by atoms with van der Waals surface area (Å²) in [5, 5.41) is 10.8. The molecule has 0 radical (unpaired) electrons. The molecule has 2 aliphatic rings. The third kappa shape index (κ3) is 1.23. The molecule has 0 aromatic carbocycles. The summed E-state index contributed by atoms with van der Waals surface area (Å²) in [5.41, 5.74) is 0. The van der Waals surface area contributed by atoms with Crippen LogP contribution < -0.4 is 4.90 Å². The van der Waals surface area contributed by atoms with Gasteiger partial charge in [0.05, 0.1) is 6.10 Å². The number of fused-ring (bicyclic) bond motifs is 1. The first-order valence-corrected chi connectivity index (χ1v) is 5.81. The van der Waals surface area contributed by atoms with Gasteiger partial charge in [0.2, 0.25) is 5.13 Å². The highest BCUT2D eigenvalue weighted by atomic mass is 32.1. The normalized spacial score (nSPS) is 36.4. The zero-order valence-electron chi connectivity index (χ0n) is 7.83. The van der Waals surface area contributed by atoms with Crippen LogP contribution in [0.3, 0.4) is 0 Å². The van der Waals surface area contributed by atoms with E-state index >= 15 is 0 Å². The van der Waals surface area contributed by atoms with Crippen LogP contribution in [0.4, 0.5) is 5.13 Å². The smallest absolute Gasteiger partial charge is 0.204 e. The number of aliphatic hydroxyl groups excluding tert-OH is 1. The largest absolute Gasteiger partial charge is 0.393 e. The fourth-order valence-corrected chi connectivity index (χ4v) is 3.25. The van der Waals surface area contributed by atoms with Crippen LogP contribution >= 0.6 is 11.5 Å². The SMILES string of the molecule is OC1CCC2CN(c3ncns3)CC12. The number of hydrogen-bond acceptors (Lipinski definition) is 5. The number of anilines is 1. The highest BCUT2D eigenvalue weighted by Crippen LogP contribution is 2.39. The maximum Gasteiger partial charge on any atom is 0.204 e. The van der Waals surface area contributed by atoms with Crippen LogP contribution in [0.25, 0.3) is 0 Å². The summed E-state index contributed by atoms with van der Waals surface area (Å²) in [6.45, 7) is 2.01. The van der Waals surface area contributed by atoms with Gasteiger partial charge in [-0.3, -0.25) is 0 Å². The molecule has 1 saturated carbocycles. The van der Waals surface area contributed by atoms with Crippen molar-refractivity contribution in [2.24, 2.45) is 11.8 Å². The topological polar surface area (TPSA) is 49.2 Å². The Kier molecular flexibility index (Phi) is 1.95. The number of nitrogens with zero attached hydrogens (tertiary/aromatic N) is 3. The Morgan fingerprint density at radius 1 is 1.43 bits per heavy atom. The maximum atomic E-state index is 9.76. The Balaban J connectivity index is 1.77. The highest BCUT2D eigenvalue weighted by molar-refractivity contribution is 7.09. The molecule has 4 nitrogen and oxygen atoms in total. The fraction of sp³-hybridized carbons (Fsp3) is 0.778. The summed E-state index contributed by atoms with van der Waals surface area (Å²) in [7, 11) is 0. The lowest BCUT2D eigenvalue weighted by Crippen LogP contribution is -2.24. The van der Waals surface area contributed by atoms with Gasteiger partial charge in [-0.25, -0.2) is 4.98 Å². The predicted molar refractivity (Wildman–Crippen MR) is 54.3 cm³/mol. The van der Waals surface area contributed by atoms with Crippen molar-refractivity contribution >= 4 is 16.7 Å². The number of rotatable bonds is 1. The van der Waals surface area contributed by atoms with Gasteiger partial charge in [-0.05, 0) is 18.8 Å². The van der Waals surface area contributed by atoms with Gasteiger partial charge < -0.3 is 10.0 Å². The molecule has 0 bridgehead atoms. The van der Waals surface area contributed by atoms with Crippen molar-refractivity contribution in [3.8, 4) is 0 Å². The standard InChI is InChI=1S/C9H13N3OS/c13-8-2-1-6-3-12(4-7(6)8)9-10-5-11-14-9/h5-8,13H,1-4H2. The molecule has 1 aromatic rings. The molecule has 5 heteroatoms. The lowest BCUT2D eigenvalue weighted by atomic mass is 10.00. The summed E-state index contributed by atoms with van der Waals surface area (Å²) in [6, 6.07) is 0. The number of aromatic nitrogens is 2. The van der Waals surface area contributed by atoms with Gasteiger partial charge in [0.15, 0.2) is 0 Å². The van der Waals surface area contributed by atoms with E-state index in [-0.39, 0.29) is 6.10 Å². The zero-order valence-corrected chi connectivity index (χ0v) is 8.65. The zero-order chi connectivity index (χ0) is 9.54. The molecule has 1 aliphatic heterocycles. The van der Waals surface area contributed by atoms with Crippen LogP contribution in [0.1, 0.15) is 12.8 Å². The molecule has 3 rings (SSSR count). The molecule has 0 amide bonds. The van der Waals surface area contributed by atoms with E-state index in [4.69, 9.17) is 0 Å². The van der Waals surface area contributed by atoms with Crippen LogP contribution in [0.2, 0.25) is 0 Å². The molecule has 14 heavy (non-hydrogen) atoms. The number of aliphatic hydroxyl groups is 1. The van der Waals surface area contributed by atoms with Crippen molar-refractivity contribution < 1.29 is 5.11 Å². The second-order valence-corrected chi connectivity index (χ2v) is 4.96. The number of hydrogen-bond donors (Lipinski definition) is 1. The van der Waals surface area contributed by atoms with Crippen molar-refractivity contribution in [2.45, 2.75) is 18.9 Å². The third-order valence-electron chi connectivity index (χ3n) is 3.44. The van der Waals surface area contributed by atoms with E-state index in [1.807, 2.05) is 0 Å². The van der Waals surface area contributed by atoms with Crippen molar-refractivity contribution in [1.82, 2.24) is 9.36 Å². The fourth-order valence-electron chi connectivity index (χ4n) is 2.70. The van der Waals surface area contributed by atoms with E-state index in [1.165, 1.54) is 18.0 Å². The van der Waals surface area contributed by atoms with Crippen molar-refractivity contribution in [1.29, 1.82) is 0 Å². The molecule has 1 aliphatic carbocycles. The van der Waals surface area contributed by atoms with E-state index < -0.39 is 0 Å². The Morgan fingerprint density at radius 3 is 3.07 bits per heavy atom. The third-order valence-corrected chi connectivity index (χ3v) is 4.17. The Bertz CT molecular complexity index is 316. The van der Waals surface area contributed by atoms with Crippen LogP contribution in [0.15, 0.2) is 6.33 Å². The minimum Gasteiger partial charge on any atom is -0.393 e. The summed E-state index contributed by atoms with van der Waals surface area (Å²) in [4.78, 5) is 6.46. The van der Waals surface area contributed by atoms with Gasteiger partial charge >= 0.3 is 0 Å². The first-order chi connectivity index (χ1) is 6.84. The van der Waals surface area contributed by atoms with Crippen LogP contribution in [-0.4, -0.2) is 33.7 Å². The molecule has 2 fully saturated rings. The van der Waals surface area contributed by atoms with Gasteiger partial charge in [0, 0.05) is 30.5 Å². The van der Waals surface area contributed by atoms with Crippen LogP contribution in [0, 0.1) is 11.8 Å². The van der Waals surface area contributed by atoms with E-state index in [2.05, 4.69) is 14.3 Å². The van der Waals surface area contributed by atoms with Crippen molar-refractivity contribution in [3.05, 3.63) is 6.33 Å². The van der Waals surface area contributed by atoms with Gasteiger partial charge in [-0.2, -0.15) is 4.37 Å². The second kappa shape index (κ2) is 3.17. The van der Waals surface area contributed by atoms with Crippen LogP contribution in [-0.2, 0) is 0 Å². The molecule has 76 valence electrons. The molecular weight excluding hydrogens is 198 g/mol. The quantitative estimate of drug-likeness (QED) is 0.744. The minimum atomic E-state index is -0.0853. The predicted octanol–water partition coefficient (Wildman–Crippen LogP) is 0.745. The van der Waals surface area contributed by atoms with Crippen LogP contribution in [0.5, 0.6) is 0 Å². The van der Waals surface area contributed by atoms with E-state index in [0.717, 1.165) is 24.6 Å². The summed E-state index contributed by atoms with van der Waals surface area (Å²) < 4.78 is 4.01. The summed E-state index contributed by atoms with van der Waals surface area (Å²) in [5.74, 6) is 1.15. The van der Waals surface area contributed by atoms with Gasteiger partial charge in [-0.15, -0.1) is 0 Å². The lowest BCUT2D eigenvalue weighted by Gasteiger charge is -2.16. The van der Waals surface area contributed by atoms with Gasteiger partial charge in [0.1, 0.15) is 6.33 Å². The van der Waals surface area contributed by atoms with Crippen molar-refractivity contribution in [2.75, 3.05) is 18.0 Å². The molecule has 3 unspecified atom stereocenters. The van der Waals surface area contributed by atoms with E-state index in [1.54, 1.807) is 6.33 Å². The monoisotopic (exact) mass is 211 g/mol. The van der Waals surface area contributed by atoms with Crippen molar-refractivity contribution in [3.63, 3.8) is 0 Å². The molecule has 1 saturated heterocycles. The average molecular weight is 211 g/mol. The Labute approximate surface area is 86.7 Å². The minimum absolute atomic E-state index is 0.0853. The molecular formula is C9H13N3OS.